The van der Waals surface area contributed by atoms with Gasteiger partial charge in [0, 0.05) is 39.4 Å². The number of ether oxygens (including phenoxy) is 1. The largest absolute Gasteiger partial charge is 0.393 e. The summed E-state index contributed by atoms with van der Waals surface area (Å²) < 4.78 is 5.49. The number of nitrogens with zero attached hydrogens (tertiary/aromatic N) is 2. The summed E-state index contributed by atoms with van der Waals surface area (Å²) in [4.78, 5) is 7.16. The number of aliphatic hydroxyl groups excluding tert-OH is 1. The van der Waals surface area contributed by atoms with Crippen LogP contribution in [0.5, 0.6) is 0 Å². The molecule has 5 nitrogen and oxygen atoms in total. The molecule has 122 valence electrons. The molecule has 1 saturated heterocycles. The Hall–Kier alpha value is -0.810. The molecule has 0 aromatic carbocycles. The van der Waals surface area contributed by atoms with Crippen LogP contribution in [0.15, 0.2) is 4.99 Å². The first-order valence-electron chi connectivity index (χ1n) is 8.48. The number of hydrogen-bond donors (Lipinski definition) is 2. The van der Waals surface area contributed by atoms with Gasteiger partial charge in [-0.2, -0.15) is 0 Å². The van der Waals surface area contributed by atoms with E-state index in [1.807, 2.05) is 6.92 Å². The summed E-state index contributed by atoms with van der Waals surface area (Å²) in [6.45, 7) is 9.42. The molecule has 0 bridgehead atoms. The van der Waals surface area contributed by atoms with Crippen LogP contribution in [-0.2, 0) is 4.74 Å². The number of rotatable bonds is 7. The van der Waals surface area contributed by atoms with E-state index in [9.17, 15) is 5.11 Å². The van der Waals surface area contributed by atoms with Gasteiger partial charge in [-0.25, -0.2) is 0 Å². The average Bonchev–Trinajstić information content (AvgIpc) is 3.25. The van der Waals surface area contributed by atoms with Gasteiger partial charge in [0.05, 0.1) is 6.10 Å². The zero-order chi connectivity index (χ0) is 15.1. The third-order valence-electron chi connectivity index (χ3n) is 4.60. The molecule has 1 heterocycles. The highest BCUT2D eigenvalue weighted by Crippen LogP contribution is 2.49. The molecule has 0 aromatic rings. The minimum atomic E-state index is -0.134. The summed E-state index contributed by atoms with van der Waals surface area (Å²) >= 11 is 0. The summed E-state index contributed by atoms with van der Waals surface area (Å²) in [6.07, 6.45) is 5.25. The molecule has 2 N–H and O–H groups in total. The average molecular weight is 297 g/mol. The van der Waals surface area contributed by atoms with Crippen LogP contribution in [0.4, 0.5) is 0 Å². The van der Waals surface area contributed by atoms with Crippen LogP contribution >= 0.6 is 0 Å². The van der Waals surface area contributed by atoms with Crippen LogP contribution < -0.4 is 5.32 Å². The molecule has 1 aliphatic carbocycles. The number of guanidine groups is 1. The predicted octanol–water partition coefficient (Wildman–Crippen LogP) is 1.62. The van der Waals surface area contributed by atoms with Crippen molar-refractivity contribution < 1.29 is 9.84 Å². The van der Waals surface area contributed by atoms with Gasteiger partial charge < -0.3 is 20.1 Å². The number of aliphatic hydroxyl groups is 1. The highest BCUT2D eigenvalue weighted by atomic mass is 16.5. The molecule has 2 fully saturated rings. The Bertz CT molecular complexity index is 334. The lowest BCUT2D eigenvalue weighted by molar-refractivity contribution is 0.107. The molecule has 21 heavy (non-hydrogen) atoms. The highest BCUT2D eigenvalue weighted by Gasteiger charge is 2.42. The van der Waals surface area contributed by atoms with Crippen molar-refractivity contribution in [3.05, 3.63) is 0 Å². The Balaban J connectivity index is 1.85. The second kappa shape index (κ2) is 7.99. The van der Waals surface area contributed by atoms with Crippen molar-refractivity contribution in [2.75, 3.05) is 39.4 Å². The van der Waals surface area contributed by atoms with E-state index in [0.717, 1.165) is 64.6 Å². The maximum Gasteiger partial charge on any atom is 0.193 e. The molecule has 0 amide bonds. The molecule has 0 atom stereocenters. The lowest BCUT2D eigenvalue weighted by Gasteiger charge is -2.32. The van der Waals surface area contributed by atoms with Crippen LogP contribution in [0.1, 0.15) is 46.0 Å². The van der Waals surface area contributed by atoms with E-state index in [2.05, 4.69) is 17.1 Å². The fourth-order valence-electron chi connectivity index (χ4n) is 2.84. The fourth-order valence-corrected chi connectivity index (χ4v) is 2.84. The van der Waals surface area contributed by atoms with Crippen molar-refractivity contribution >= 4 is 5.96 Å². The minimum absolute atomic E-state index is 0.134. The number of likely N-dealkylation sites (tertiary alicyclic amines) is 1. The normalized spacial score (nSPS) is 22.4. The third-order valence-corrected chi connectivity index (χ3v) is 4.60. The van der Waals surface area contributed by atoms with Gasteiger partial charge in [-0.15, -0.1) is 0 Å². The maximum absolute atomic E-state index is 9.63. The van der Waals surface area contributed by atoms with E-state index < -0.39 is 0 Å². The van der Waals surface area contributed by atoms with E-state index in [1.165, 1.54) is 12.8 Å². The maximum atomic E-state index is 9.63. The lowest BCUT2D eigenvalue weighted by Crippen LogP contribution is -2.46. The van der Waals surface area contributed by atoms with Crippen molar-refractivity contribution in [1.82, 2.24) is 10.2 Å². The monoisotopic (exact) mass is 297 g/mol. The van der Waals surface area contributed by atoms with Gasteiger partial charge in [0.15, 0.2) is 5.96 Å². The van der Waals surface area contributed by atoms with Gasteiger partial charge >= 0.3 is 0 Å². The first kappa shape index (κ1) is 16.6. The molecule has 0 spiro atoms. The second-order valence-electron chi connectivity index (χ2n) is 6.34. The predicted molar refractivity (Wildman–Crippen MR) is 85.6 cm³/mol. The van der Waals surface area contributed by atoms with Crippen LogP contribution in [0.3, 0.4) is 0 Å². The molecule has 5 heteroatoms. The van der Waals surface area contributed by atoms with Gasteiger partial charge in [0.1, 0.15) is 0 Å². The Morgan fingerprint density at radius 3 is 2.62 bits per heavy atom. The zero-order valence-corrected chi connectivity index (χ0v) is 13.6. The van der Waals surface area contributed by atoms with Crippen molar-refractivity contribution in [1.29, 1.82) is 0 Å². The van der Waals surface area contributed by atoms with Gasteiger partial charge in [-0.3, -0.25) is 4.99 Å². The van der Waals surface area contributed by atoms with Crippen molar-refractivity contribution in [2.24, 2.45) is 10.4 Å². The van der Waals surface area contributed by atoms with Crippen molar-refractivity contribution in [3.8, 4) is 0 Å². The van der Waals surface area contributed by atoms with Gasteiger partial charge in [-0.05, 0) is 51.4 Å². The zero-order valence-electron chi connectivity index (χ0n) is 13.6. The van der Waals surface area contributed by atoms with E-state index >= 15 is 0 Å². The van der Waals surface area contributed by atoms with E-state index in [1.54, 1.807) is 0 Å². The molecule has 1 saturated carbocycles. The molecule has 1 aliphatic heterocycles. The molecule has 0 aromatic heterocycles. The summed E-state index contributed by atoms with van der Waals surface area (Å²) in [5, 5.41) is 13.0. The Labute approximate surface area is 128 Å². The minimum Gasteiger partial charge on any atom is -0.393 e. The van der Waals surface area contributed by atoms with Crippen LogP contribution in [0, 0.1) is 5.41 Å². The summed E-state index contributed by atoms with van der Waals surface area (Å²) in [5.41, 5.74) is 0.394. The Morgan fingerprint density at radius 2 is 2.05 bits per heavy atom. The number of aliphatic imine (C=N–C) groups is 1. The summed E-state index contributed by atoms with van der Waals surface area (Å²) in [6, 6.07) is 0. The molecule has 2 rings (SSSR count). The Morgan fingerprint density at radius 1 is 1.33 bits per heavy atom. The Kier molecular flexibility index (Phi) is 6.30. The second-order valence-corrected chi connectivity index (χ2v) is 6.34. The fraction of sp³-hybridized carbons (Fsp3) is 0.938. The van der Waals surface area contributed by atoms with Crippen LogP contribution in [0.25, 0.3) is 0 Å². The molecular formula is C16H31N3O2. The van der Waals surface area contributed by atoms with Crippen molar-refractivity contribution in [3.63, 3.8) is 0 Å². The summed E-state index contributed by atoms with van der Waals surface area (Å²) in [7, 11) is 0. The molecule has 0 radical (unpaired) electrons. The number of piperidine rings is 1. The topological polar surface area (TPSA) is 57.1 Å². The number of hydrogen-bond acceptors (Lipinski definition) is 3. The van der Waals surface area contributed by atoms with Crippen molar-refractivity contribution in [2.45, 2.75) is 52.1 Å². The van der Waals surface area contributed by atoms with Gasteiger partial charge in [0.25, 0.3) is 0 Å². The lowest BCUT2D eigenvalue weighted by atomic mass is 10.0. The van der Waals surface area contributed by atoms with E-state index in [-0.39, 0.29) is 6.10 Å². The van der Waals surface area contributed by atoms with Gasteiger partial charge in [0.2, 0.25) is 0 Å². The van der Waals surface area contributed by atoms with Crippen LogP contribution in [0.2, 0.25) is 0 Å². The van der Waals surface area contributed by atoms with Gasteiger partial charge in [-0.1, -0.05) is 0 Å². The summed E-state index contributed by atoms with van der Waals surface area (Å²) in [5.74, 6) is 1.02. The molecular weight excluding hydrogens is 266 g/mol. The molecule has 0 unspecified atom stereocenters. The van der Waals surface area contributed by atoms with E-state index in [4.69, 9.17) is 9.73 Å². The third kappa shape index (κ3) is 5.15. The standard InChI is InChI=1S/C16H31N3O2/c1-3-17-15(19-10-5-14(20)6-11-19)18-13-16(7-8-16)9-12-21-4-2/h14,20H,3-13H2,1-2H3,(H,17,18). The first-order valence-corrected chi connectivity index (χ1v) is 8.48. The SMILES string of the molecule is CCNC(=NCC1(CCOCC)CC1)N1CCC(O)CC1. The quantitative estimate of drug-likeness (QED) is 0.426. The highest BCUT2D eigenvalue weighted by molar-refractivity contribution is 5.80. The number of nitrogens with one attached hydrogen (secondary N) is 1. The van der Waals surface area contributed by atoms with E-state index in [0.29, 0.717) is 5.41 Å². The van der Waals surface area contributed by atoms with Crippen LogP contribution in [-0.4, -0.2) is 61.5 Å². The smallest absolute Gasteiger partial charge is 0.193 e. The molecule has 2 aliphatic rings. The first-order chi connectivity index (χ1) is 10.2.